The number of methoxy groups -OCH3 is 1. The van der Waals surface area contributed by atoms with E-state index < -0.39 is 17.4 Å². The summed E-state index contributed by atoms with van der Waals surface area (Å²) in [5.74, 6) is 0.484. The van der Waals surface area contributed by atoms with Crippen molar-refractivity contribution < 1.29 is 22.3 Å². The van der Waals surface area contributed by atoms with Crippen molar-refractivity contribution in [2.24, 2.45) is 0 Å². The topological polar surface area (TPSA) is 39.4 Å². The van der Waals surface area contributed by atoms with Crippen LogP contribution in [0.3, 0.4) is 0 Å². The van der Waals surface area contributed by atoms with Crippen molar-refractivity contribution in [3.63, 3.8) is 0 Å². The van der Waals surface area contributed by atoms with Crippen LogP contribution in [0.4, 0.5) is 13.2 Å². The van der Waals surface area contributed by atoms with E-state index in [0.717, 1.165) is 0 Å². The van der Waals surface area contributed by atoms with Gasteiger partial charge in [0.2, 0.25) is 0 Å². The molecule has 1 aromatic heterocycles. The quantitative estimate of drug-likeness (QED) is 0.598. The highest BCUT2D eigenvalue weighted by Gasteiger charge is 2.39. The zero-order valence-electron chi connectivity index (χ0n) is 12.3. The van der Waals surface area contributed by atoms with Crippen LogP contribution in [0.2, 0.25) is 5.02 Å². The zero-order valence-corrected chi connectivity index (χ0v) is 13.0. The summed E-state index contributed by atoms with van der Waals surface area (Å²) in [6.45, 7) is 0. The maximum atomic E-state index is 13.5. The van der Waals surface area contributed by atoms with Crippen LogP contribution in [0.5, 0.6) is 5.75 Å². The molecule has 3 nitrogen and oxygen atoms in total. The SMILES string of the molecule is COc1ccc(-c2c(C(F)(F)F)c(=O)oc3ccc(Cl)cc23)cc1. The molecule has 0 amide bonds. The molecular weight excluding hydrogens is 345 g/mol. The lowest BCUT2D eigenvalue weighted by molar-refractivity contribution is -0.139. The van der Waals surface area contributed by atoms with E-state index in [9.17, 15) is 18.0 Å². The van der Waals surface area contributed by atoms with Crippen LogP contribution in [0.25, 0.3) is 22.1 Å². The fourth-order valence-electron chi connectivity index (χ4n) is 2.49. The van der Waals surface area contributed by atoms with Gasteiger partial charge in [-0.25, -0.2) is 4.79 Å². The van der Waals surface area contributed by atoms with E-state index >= 15 is 0 Å². The van der Waals surface area contributed by atoms with Gasteiger partial charge in [0.05, 0.1) is 7.11 Å². The number of fused-ring (bicyclic) bond motifs is 1. The smallest absolute Gasteiger partial charge is 0.424 e. The Balaban J connectivity index is 2.44. The van der Waals surface area contributed by atoms with Crippen molar-refractivity contribution in [1.82, 2.24) is 0 Å². The molecule has 0 spiro atoms. The van der Waals surface area contributed by atoms with Gasteiger partial charge in [-0.3, -0.25) is 0 Å². The first kappa shape index (κ1) is 16.4. The highest BCUT2D eigenvalue weighted by molar-refractivity contribution is 6.31. The molecule has 0 aliphatic carbocycles. The van der Waals surface area contributed by atoms with Gasteiger partial charge in [0, 0.05) is 16.0 Å². The predicted octanol–water partition coefficient (Wildman–Crippen LogP) is 5.14. The third kappa shape index (κ3) is 2.85. The molecular formula is C17H10ClF3O3. The molecule has 0 radical (unpaired) electrons. The van der Waals surface area contributed by atoms with Gasteiger partial charge < -0.3 is 9.15 Å². The van der Waals surface area contributed by atoms with Crippen LogP contribution in [0.1, 0.15) is 5.56 Å². The molecule has 0 atom stereocenters. The zero-order chi connectivity index (χ0) is 17.5. The Morgan fingerprint density at radius 1 is 1.08 bits per heavy atom. The Labute approximate surface area is 139 Å². The minimum absolute atomic E-state index is 0.0308. The fraction of sp³-hybridized carbons (Fsp3) is 0.118. The molecule has 3 aromatic rings. The molecule has 0 N–H and O–H groups in total. The lowest BCUT2D eigenvalue weighted by Gasteiger charge is -2.14. The molecule has 3 rings (SSSR count). The first-order valence-electron chi connectivity index (χ1n) is 6.79. The molecule has 24 heavy (non-hydrogen) atoms. The summed E-state index contributed by atoms with van der Waals surface area (Å²) in [5.41, 5.74) is -2.82. The predicted molar refractivity (Wildman–Crippen MR) is 84.5 cm³/mol. The van der Waals surface area contributed by atoms with Crippen LogP contribution in [-0.4, -0.2) is 7.11 Å². The average Bonchev–Trinajstić information content (AvgIpc) is 2.53. The number of benzene rings is 2. The number of halogens is 4. The maximum absolute atomic E-state index is 13.5. The van der Waals surface area contributed by atoms with Crippen molar-refractivity contribution in [2.75, 3.05) is 7.11 Å². The van der Waals surface area contributed by atoms with E-state index in [1.807, 2.05) is 0 Å². The van der Waals surface area contributed by atoms with Gasteiger partial charge in [-0.05, 0) is 35.9 Å². The Morgan fingerprint density at radius 2 is 1.75 bits per heavy atom. The lowest BCUT2D eigenvalue weighted by Crippen LogP contribution is -2.20. The highest BCUT2D eigenvalue weighted by atomic mass is 35.5. The van der Waals surface area contributed by atoms with Gasteiger partial charge >= 0.3 is 11.8 Å². The molecule has 7 heteroatoms. The Hall–Kier alpha value is -2.47. The van der Waals surface area contributed by atoms with Gasteiger partial charge in [-0.15, -0.1) is 0 Å². The monoisotopic (exact) mass is 354 g/mol. The first-order chi connectivity index (χ1) is 11.3. The summed E-state index contributed by atoms with van der Waals surface area (Å²) in [7, 11) is 1.45. The maximum Gasteiger partial charge on any atom is 0.424 e. The van der Waals surface area contributed by atoms with Gasteiger partial charge in [0.1, 0.15) is 16.9 Å². The minimum atomic E-state index is -4.87. The fourth-order valence-corrected chi connectivity index (χ4v) is 2.66. The lowest BCUT2D eigenvalue weighted by atomic mass is 9.96. The van der Waals surface area contributed by atoms with Crippen molar-refractivity contribution in [3.8, 4) is 16.9 Å². The second-order valence-electron chi connectivity index (χ2n) is 5.01. The van der Waals surface area contributed by atoms with E-state index in [2.05, 4.69) is 0 Å². The summed E-state index contributed by atoms with van der Waals surface area (Å²) in [5, 5.41) is 0.346. The number of alkyl halides is 3. The van der Waals surface area contributed by atoms with Crippen LogP contribution in [0.15, 0.2) is 51.7 Å². The normalized spacial score (nSPS) is 11.7. The van der Waals surface area contributed by atoms with Crippen molar-refractivity contribution in [1.29, 1.82) is 0 Å². The molecule has 0 saturated carbocycles. The molecule has 0 unspecified atom stereocenters. The van der Waals surface area contributed by atoms with Gasteiger partial charge in [0.25, 0.3) is 0 Å². The Kier molecular flexibility index (Phi) is 4.01. The molecule has 0 aliphatic rings. The van der Waals surface area contributed by atoms with Crippen molar-refractivity contribution >= 4 is 22.6 Å². The molecule has 124 valence electrons. The second kappa shape index (κ2) is 5.87. The standard InChI is InChI=1S/C17H10ClF3O3/c1-23-11-5-2-9(3-6-11)14-12-8-10(18)4-7-13(12)24-16(22)15(14)17(19,20)21/h2-8H,1H3. The minimum Gasteiger partial charge on any atom is -0.497 e. The van der Waals surface area contributed by atoms with Crippen molar-refractivity contribution in [3.05, 3.63) is 63.5 Å². The van der Waals surface area contributed by atoms with E-state index in [1.54, 1.807) is 0 Å². The molecule has 0 saturated heterocycles. The first-order valence-corrected chi connectivity index (χ1v) is 7.17. The average molecular weight is 355 g/mol. The van der Waals surface area contributed by atoms with E-state index in [0.29, 0.717) is 5.75 Å². The number of ether oxygens (including phenoxy) is 1. The van der Waals surface area contributed by atoms with E-state index in [1.165, 1.54) is 49.6 Å². The summed E-state index contributed by atoms with van der Waals surface area (Å²) < 4.78 is 50.2. The third-order valence-electron chi connectivity index (χ3n) is 3.53. The van der Waals surface area contributed by atoms with E-state index in [4.69, 9.17) is 20.8 Å². The van der Waals surface area contributed by atoms with Crippen LogP contribution < -0.4 is 10.4 Å². The molecule has 0 bridgehead atoms. The number of hydrogen-bond acceptors (Lipinski definition) is 3. The summed E-state index contributed by atoms with van der Waals surface area (Å²) >= 11 is 5.91. The summed E-state index contributed by atoms with van der Waals surface area (Å²) in [6.07, 6.45) is -4.87. The Morgan fingerprint density at radius 3 is 2.33 bits per heavy atom. The molecule has 1 heterocycles. The molecule has 2 aromatic carbocycles. The van der Waals surface area contributed by atoms with Crippen LogP contribution in [0, 0.1) is 0 Å². The number of rotatable bonds is 2. The van der Waals surface area contributed by atoms with Gasteiger partial charge in [-0.2, -0.15) is 13.2 Å². The highest BCUT2D eigenvalue weighted by Crippen LogP contribution is 2.40. The van der Waals surface area contributed by atoms with Gasteiger partial charge in [-0.1, -0.05) is 23.7 Å². The van der Waals surface area contributed by atoms with Crippen molar-refractivity contribution in [2.45, 2.75) is 6.18 Å². The molecule has 0 fully saturated rings. The van der Waals surface area contributed by atoms with Gasteiger partial charge in [0.15, 0.2) is 0 Å². The summed E-state index contributed by atoms with van der Waals surface area (Å²) in [4.78, 5) is 11.9. The molecule has 0 aliphatic heterocycles. The second-order valence-corrected chi connectivity index (χ2v) is 5.44. The largest absolute Gasteiger partial charge is 0.497 e. The third-order valence-corrected chi connectivity index (χ3v) is 3.76. The Bertz CT molecular complexity index is 960. The number of hydrogen-bond donors (Lipinski definition) is 0. The van der Waals surface area contributed by atoms with E-state index in [-0.39, 0.29) is 27.1 Å². The van der Waals surface area contributed by atoms with Crippen LogP contribution in [-0.2, 0) is 6.18 Å². The van der Waals surface area contributed by atoms with Crippen LogP contribution >= 0.6 is 11.6 Å². The summed E-state index contributed by atoms with van der Waals surface area (Å²) in [6, 6.07) is 10.1.